The summed E-state index contributed by atoms with van der Waals surface area (Å²) in [5, 5.41) is 1.03. The van der Waals surface area contributed by atoms with Crippen LogP contribution in [-0.2, 0) is 4.79 Å². The Morgan fingerprint density at radius 3 is 2.60 bits per heavy atom. The molecule has 0 atom stereocenters. The maximum absolute atomic E-state index is 13.1. The van der Waals surface area contributed by atoms with Gasteiger partial charge in [-0.15, -0.1) is 0 Å². The topological polar surface area (TPSA) is 45.9 Å². The number of anilines is 1. The molecule has 2 aromatic carbocycles. The zero-order chi connectivity index (χ0) is 21.3. The van der Waals surface area contributed by atoms with Crippen molar-refractivity contribution in [1.29, 1.82) is 0 Å². The van der Waals surface area contributed by atoms with Gasteiger partial charge in [-0.1, -0.05) is 23.7 Å². The lowest BCUT2D eigenvalue weighted by atomic mass is 10.2. The molecule has 1 aromatic heterocycles. The van der Waals surface area contributed by atoms with E-state index in [1.165, 1.54) is 4.90 Å². The number of carbonyl (C=O) groups excluding carboxylic acids is 1. The standard InChI is InChI=1S/C23H19ClN2O3S/c1-3-28-18-9-7-17(8-10-18)26-22(27)20(25(2)23(26)30)14-19-11-12-21(29-19)15-5-4-6-16(24)13-15/h4-14H,3H2,1-2H3/b20-14-. The van der Waals surface area contributed by atoms with Gasteiger partial charge < -0.3 is 14.1 Å². The minimum Gasteiger partial charge on any atom is -0.494 e. The second-order valence-electron chi connectivity index (χ2n) is 6.65. The number of likely N-dealkylation sites (N-methyl/N-ethyl adjacent to an activating group) is 1. The van der Waals surface area contributed by atoms with Gasteiger partial charge in [0.25, 0.3) is 5.91 Å². The number of thiocarbonyl (C=S) groups is 1. The molecule has 3 aromatic rings. The number of hydrogen-bond donors (Lipinski definition) is 0. The van der Waals surface area contributed by atoms with Gasteiger partial charge >= 0.3 is 0 Å². The number of ether oxygens (including phenoxy) is 1. The summed E-state index contributed by atoms with van der Waals surface area (Å²) in [5.74, 6) is 1.75. The van der Waals surface area contributed by atoms with Crippen molar-refractivity contribution in [2.24, 2.45) is 0 Å². The maximum Gasteiger partial charge on any atom is 0.281 e. The van der Waals surface area contributed by atoms with Gasteiger partial charge in [0.15, 0.2) is 5.11 Å². The fraction of sp³-hybridized carbons (Fsp3) is 0.130. The number of benzene rings is 2. The predicted molar refractivity (Wildman–Crippen MR) is 123 cm³/mol. The molecule has 0 unspecified atom stereocenters. The highest BCUT2D eigenvalue weighted by Gasteiger charge is 2.37. The van der Waals surface area contributed by atoms with Crippen LogP contribution in [0.3, 0.4) is 0 Å². The molecule has 0 spiro atoms. The monoisotopic (exact) mass is 438 g/mol. The van der Waals surface area contributed by atoms with E-state index in [9.17, 15) is 4.79 Å². The maximum atomic E-state index is 13.1. The average molecular weight is 439 g/mol. The Morgan fingerprint density at radius 2 is 1.90 bits per heavy atom. The van der Waals surface area contributed by atoms with Crippen molar-refractivity contribution in [3.05, 3.63) is 77.1 Å². The summed E-state index contributed by atoms with van der Waals surface area (Å²) in [5.41, 5.74) is 1.98. The number of rotatable bonds is 5. The highest BCUT2D eigenvalue weighted by Crippen LogP contribution is 2.31. The smallest absolute Gasteiger partial charge is 0.281 e. The summed E-state index contributed by atoms with van der Waals surface area (Å²) in [6.45, 7) is 2.50. The summed E-state index contributed by atoms with van der Waals surface area (Å²) >= 11 is 11.6. The zero-order valence-corrected chi connectivity index (χ0v) is 18.0. The SMILES string of the molecule is CCOc1ccc(N2C(=O)/C(=C/c3ccc(-c4cccc(Cl)c4)o3)N(C)C2=S)cc1. The molecule has 30 heavy (non-hydrogen) atoms. The Morgan fingerprint density at radius 1 is 1.13 bits per heavy atom. The molecule has 1 aliphatic rings. The molecule has 4 rings (SSSR count). The fourth-order valence-corrected chi connectivity index (χ4v) is 3.68. The summed E-state index contributed by atoms with van der Waals surface area (Å²) < 4.78 is 11.4. The van der Waals surface area contributed by atoms with Crippen LogP contribution in [0.2, 0.25) is 5.02 Å². The first kappa shape index (κ1) is 20.2. The zero-order valence-electron chi connectivity index (χ0n) is 16.5. The van der Waals surface area contributed by atoms with Gasteiger partial charge in [-0.25, -0.2) is 0 Å². The normalized spacial score (nSPS) is 15.4. The molecule has 1 amide bonds. The first-order valence-electron chi connectivity index (χ1n) is 9.40. The largest absolute Gasteiger partial charge is 0.494 e. The summed E-state index contributed by atoms with van der Waals surface area (Å²) in [4.78, 5) is 16.3. The Kier molecular flexibility index (Phi) is 5.61. The van der Waals surface area contributed by atoms with E-state index < -0.39 is 0 Å². The highest BCUT2D eigenvalue weighted by molar-refractivity contribution is 7.80. The van der Waals surface area contributed by atoms with Crippen LogP contribution in [0.4, 0.5) is 5.69 Å². The quantitative estimate of drug-likeness (QED) is 0.383. The first-order chi connectivity index (χ1) is 14.5. The molecule has 0 N–H and O–H groups in total. The minimum absolute atomic E-state index is 0.215. The molecule has 5 nitrogen and oxygen atoms in total. The molecule has 0 radical (unpaired) electrons. The molecule has 2 heterocycles. The van der Waals surface area contributed by atoms with Crippen molar-refractivity contribution in [2.45, 2.75) is 6.92 Å². The van der Waals surface area contributed by atoms with Gasteiger partial charge in [-0.2, -0.15) is 0 Å². The van der Waals surface area contributed by atoms with E-state index in [1.807, 2.05) is 61.5 Å². The fourth-order valence-electron chi connectivity index (χ4n) is 3.20. The van der Waals surface area contributed by atoms with Crippen molar-refractivity contribution in [3.8, 4) is 17.1 Å². The van der Waals surface area contributed by atoms with E-state index in [4.69, 9.17) is 33.0 Å². The van der Waals surface area contributed by atoms with Crippen LogP contribution in [0.5, 0.6) is 5.75 Å². The van der Waals surface area contributed by atoms with Crippen molar-refractivity contribution in [2.75, 3.05) is 18.6 Å². The van der Waals surface area contributed by atoms with Crippen LogP contribution >= 0.6 is 23.8 Å². The average Bonchev–Trinajstić information content (AvgIpc) is 3.29. The molecular formula is C23H19ClN2O3S. The Labute approximate surface area is 185 Å². The molecule has 1 saturated heterocycles. The number of carbonyl (C=O) groups is 1. The number of halogens is 1. The van der Waals surface area contributed by atoms with Crippen molar-refractivity contribution in [3.63, 3.8) is 0 Å². The van der Waals surface area contributed by atoms with Crippen molar-refractivity contribution in [1.82, 2.24) is 4.90 Å². The summed E-state index contributed by atoms with van der Waals surface area (Å²) in [6, 6.07) is 18.3. The van der Waals surface area contributed by atoms with E-state index in [0.29, 0.717) is 39.6 Å². The highest BCUT2D eigenvalue weighted by atomic mass is 35.5. The van der Waals surface area contributed by atoms with Gasteiger partial charge in [-0.3, -0.25) is 9.69 Å². The molecular weight excluding hydrogens is 420 g/mol. The lowest BCUT2D eigenvalue weighted by Gasteiger charge is -2.16. The van der Waals surface area contributed by atoms with Crippen LogP contribution in [-0.4, -0.2) is 29.6 Å². The third-order valence-corrected chi connectivity index (χ3v) is 5.37. The van der Waals surface area contributed by atoms with E-state index in [2.05, 4.69) is 0 Å². The van der Waals surface area contributed by atoms with E-state index >= 15 is 0 Å². The van der Waals surface area contributed by atoms with E-state index in [-0.39, 0.29) is 5.91 Å². The van der Waals surface area contributed by atoms with Crippen LogP contribution in [0.25, 0.3) is 17.4 Å². The molecule has 7 heteroatoms. The molecule has 0 aliphatic carbocycles. The summed E-state index contributed by atoms with van der Waals surface area (Å²) in [6.07, 6.45) is 1.69. The van der Waals surface area contributed by atoms with Gasteiger partial charge in [0.1, 0.15) is 23.0 Å². The molecule has 0 saturated carbocycles. The van der Waals surface area contributed by atoms with Gasteiger partial charge in [0.05, 0.1) is 12.3 Å². The van der Waals surface area contributed by atoms with Crippen molar-refractivity contribution >= 4 is 46.6 Å². The van der Waals surface area contributed by atoms with Crippen molar-refractivity contribution < 1.29 is 13.9 Å². The van der Waals surface area contributed by atoms with Gasteiger partial charge in [0.2, 0.25) is 0 Å². The van der Waals surface area contributed by atoms with Crippen LogP contribution < -0.4 is 9.64 Å². The second-order valence-corrected chi connectivity index (χ2v) is 7.45. The third-order valence-electron chi connectivity index (χ3n) is 4.68. The van der Waals surface area contributed by atoms with Gasteiger partial charge in [-0.05, 0) is 67.7 Å². The third kappa shape index (κ3) is 3.84. The van der Waals surface area contributed by atoms with E-state index in [1.54, 1.807) is 24.1 Å². The Hall–Kier alpha value is -3.09. The number of nitrogens with zero attached hydrogens (tertiary/aromatic N) is 2. The Bertz CT molecular complexity index is 1140. The molecule has 152 valence electrons. The van der Waals surface area contributed by atoms with Gasteiger partial charge in [0, 0.05) is 23.7 Å². The van der Waals surface area contributed by atoms with Crippen LogP contribution in [0.1, 0.15) is 12.7 Å². The molecule has 1 aliphatic heterocycles. The van der Waals surface area contributed by atoms with Crippen LogP contribution in [0, 0.1) is 0 Å². The minimum atomic E-state index is -0.215. The Balaban J connectivity index is 1.61. The number of hydrogen-bond acceptors (Lipinski definition) is 4. The molecule has 0 bridgehead atoms. The predicted octanol–water partition coefficient (Wildman–Crippen LogP) is 5.60. The van der Waals surface area contributed by atoms with Crippen LogP contribution in [0.15, 0.2) is 70.8 Å². The lowest BCUT2D eigenvalue weighted by Crippen LogP contribution is -2.31. The summed E-state index contributed by atoms with van der Waals surface area (Å²) in [7, 11) is 1.77. The number of amides is 1. The second kappa shape index (κ2) is 8.34. The lowest BCUT2D eigenvalue weighted by molar-refractivity contribution is -0.114. The van der Waals surface area contributed by atoms with E-state index in [0.717, 1.165) is 11.3 Å². The molecule has 1 fully saturated rings. The first-order valence-corrected chi connectivity index (χ1v) is 10.2. The number of furan rings is 1.